The molecule has 0 N–H and O–H groups in total. The second-order valence-corrected chi connectivity index (χ2v) is 6.76. The SMILES string of the molecule is CCOC(=O)c1cnn(CN2CCN(c3cccc(C(F)(F)F)c3)CC2)c1C(F)F. The summed E-state index contributed by atoms with van der Waals surface area (Å²) in [7, 11) is 0. The second-order valence-electron chi connectivity index (χ2n) is 6.76. The number of rotatable bonds is 6. The van der Waals surface area contributed by atoms with Crippen molar-refractivity contribution in [3.05, 3.63) is 47.3 Å². The molecule has 1 aromatic heterocycles. The van der Waals surface area contributed by atoms with E-state index in [0.717, 1.165) is 23.0 Å². The summed E-state index contributed by atoms with van der Waals surface area (Å²) in [4.78, 5) is 15.5. The number of aromatic nitrogens is 2. The van der Waals surface area contributed by atoms with Crippen molar-refractivity contribution in [3.63, 3.8) is 0 Å². The van der Waals surface area contributed by atoms with Crippen LogP contribution in [0.1, 0.15) is 35.0 Å². The number of benzene rings is 1. The lowest BCUT2D eigenvalue weighted by molar-refractivity contribution is -0.137. The van der Waals surface area contributed by atoms with Gasteiger partial charge in [0.2, 0.25) is 0 Å². The van der Waals surface area contributed by atoms with E-state index in [9.17, 15) is 26.7 Å². The lowest BCUT2D eigenvalue weighted by Gasteiger charge is -2.36. The van der Waals surface area contributed by atoms with Crippen molar-refractivity contribution in [2.24, 2.45) is 0 Å². The van der Waals surface area contributed by atoms with Gasteiger partial charge in [-0.1, -0.05) is 6.07 Å². The minimum atomic E-state index is -4.42. The number of halogens is 5. The van der Waals surface area contributed by atoms with Crippen LogP contribution in [0.2, 0.25) is 0 Å². The van der Waals surface area contributed by atoms with E-state index in [2.05, 4.69) is 5.10 Å². The topological polar surface area (TPSA) is 50.6 Å². The minimum Gasteiger partial charge on any atom is -0.462 e. The summed E-state index contributed by atoms with van der Waals surface area (Å²) in [6.45, 7) is 3.41. The predicted molar refractivity (Wildman–Crippen MR) is 98.4 cm³/mol. The fraction of sp³-hybridized carbons (Fsp3) is 0.474. The molecule has 0 spiro atoms. The normalized spacial score (nSPS) is 15.6. The van der Waals surface area contributed by atoms with Crippen LogP contribution in [-0.4, -0.2) is 53.4 Å². The quantitative estimate of drug-likeness (QED) is 0.514. The number of piperazine rings is 1. The predicted octanol–water partition coefficient (Wildman–Crippen LogP) is 3.80. The molecule has 2 aromatic rings. The van der Waals surface area contributed by atoms with Crippen LogP contribution >= 0.6 is 0 Å². The maximum atomic E-state index is 13.5. The molecule has 2 heterocycles. The Morgan fingerprint density at radius 1 is 1.20 bits per heavy atom. The highest BCUT2D eigenvalue weighted by Gasteiger charge is 2.31. The third-order valence-corrected chi connectivity index (χ3v) is 4.83. The number of carbonyl (C=O) groups is 1. The molecule has 0 aliphatic carbocycles. The Labute approximate surface area is 169 Å². The van der Waals surface area contributed by atoms with Gasteiger partial charge in [0.25, 0.3) is 6.43 Å². The molecule has 6 nitrogen and oxygen atoms in total. The van der Waals surface area contributed by atoms with E-state index in [-0.39, 0.29) is 18.8 Å². The van der Waals surface area contributed by atoms with Gasteiger partial charge in [0.05, 0.1) is 25.0 Å². The van der Waals surface area contributed by atoms with E-state index in [0.29, 0.717) is 31.9 Å². The van der Waals surface area contributed by atoms with Crippen molar-refractivity contribution in [2.75, 3.05) is 37.7 Å². The summed E-state index contributed by atoms with van der Waals surface area (Å²) in [6, 6.07) is 5.09. The summed E-state index contributed by atoms with van der Waals surface area (Å²) in [5, 5.41) is 3.91. The molecule has 0 unspecified atom stereocenters. The van der Waals surface area contributed by atoms with Crippen LogP contribution in [0.3, 0.4) is 0 Å². The molecule has 0 radical (unpaired) electrons. The first-order valence-corrected chi connectivity index (χ1v) is 9.36. The smallest absolute Gasteiger partial charge is 0.416 e. The highest BCUT2D eigenvalue weighted by atomic mass is 19.4. The molecular formula is C19H21F5N4O2. The van der Waals surface area contributed by atoms with Gasteiger partial charge < -0.3 is 9.64 Å². The van der Waals surface area contributed by atoms with Crippen molar-refractivity contribution in [2.45, 2.75) is 26.2 Å². The first-order valence-electron chi connectivity index (χ1n) is 9.36. The molecule has 1 fully saturated rings. The van der Waals surface area contributed by atoms with E-state index >= 15 is 0 Å². The van der Waals surface area contributed by atoms with Crippen molar-refractivity contribution >= 4 is 11.7 Å². The van der Waals surface area contributed by atoms with E-state index in [1.807, 2.05) is 9.80 Å². The fourth-order valence-corrected chi connectivity index (χ4v) is 3.32. The third-order valence-electron chi connectivity index (χ3n) is 4.83. The van der Waals surface area contributed by atoms with Crippen LogP contribution in [0, 0.1) is 0 Å². The lowest BCUT2D eigenvalue weighted by Crippen LogP contribution is -2.47. The number of nitrogens with zero attached hydrogens (tertiary/aromatic N) is 4. The number of hydrogen-bond acceptors (Lipinski definition) is 5. The number of anilines is 1. The Hall–Kier alpha value is -2.69. The average molecular weight is 432 g/mol. The molecule has 1 saturated heterocycles. The van der Waals surface area contributed by atoms with Crippen molar-refractivity contribution < 1.29 is 31.5 Å². The number of esters is 1. The molecule has 0 amide bonds. The van der Waals surface area contributed by atoms with Gasteiger partial charge in [-0.3, -0.25) is 4.90 Å². The van der Waals surface area contributed by atoms with Gasteiger partial charge >= 0.3 is 12.1 Å². The first kappa shape index (κ1) is 22.0. The van der Waals surface area contributed by atoms with E-state index in [4.69, 9.17) is 4.74 Å². The Balaban J connectivity index is 1.66. The molecule has 3 rings (SSSR count). The highest BCUT2D eigenvalue weighted by molar-refractivity contribution is 5.90. The van der Waals surface area contributed by atoms with Crippen molar-refractivity contribution in [1.29, 1.82) is 0 Å². The molecule has 1 aromatic carbocycles. The van der Waals surface area contributed by atoms with Crippen LogP contribution in [0.25, 0.3) is 0 Å². The Morgan fingerprint density at radius 3 is 2.50 bits per heavy atom. The van der Waals surface area contributed by atoms with E-state index in [1.165, 1.54) is 6.07 Å². The molecule has 164 valence electrons. The van der Waals surface area contributed by atoms with Crippen molar-refractivity contribution in [1.82, 2.24) is 14.7 Å². The van der Waals surface area contributed by atoms with Gasteiger partial charge in [-0.25, -0.2) is 18.3 Å². The van der Waals surface area contributed by atoms with Gasteiger partial charge in [-0.15, -0.1) is 0 Å². The molecule has 11 heteroatoms. The van der Waals surface area contributed by atoms with Crippen LogP contribution < -0.4 is 4.90 Å². The summed E-state index contributed by atoms with van der Waals surface area (Å²) in [6.07, 6.45) is -6.25. The fourth-order valence-electron chi connectivity index (χ4n) is 3.32. The van der Waals surface area contributed by atoms with Gasteiger partial charge in [-0.2, -0.15) is 18.3 Å². The first-order chi connectivity index (χ1) is 14.2. The highest BCUT2D eigenvalue weighted by Crippen LogP contribution is 2.32. The average Bonchev–Trinajstić information content (AvgIpc) is 3.12. The maximum absolute atomic E-state index is 13.5. The van der Waals surface area contributed by atoms with Crippen LogP contribution in [0.5, 0.6) is 0 Å². The standard InChI is InChI=1S/C19H21F5N4O2/c1-2-30-18(29)15-11-25-28(16(15)17(20)21)12-26-6-8-27(9-7-26)14-5-3-4-13(10-14)19(22,23)24/h3-5,10-11,17H,2,6-9,12H2,1H3. The van der Waals surface area contributed by atoms with Gasteiger partial charge in [0, 0.05) is 31.9 Å². The zero-order valence-corrected chi connectivity index (χ0v) is 16.2. The van der Waals surface area contributed by atoms with Crippen LogP contribution in [-0.2, 0) is 17.6 Å². The van der Waals surface area contributed by atoms with Gasteiger partial charge in [0.15, 0.2) is 0 Å². The molecule has 1 aliphatic rings. The molecule has 30 heavy (non-hydrogen) atoms. The molecular weight excluding hydrogens is 411 g/mol. The molecule has 0 saturated carbocycles. The summed E-state index contributed by atoms with van der Waals surface area (Å²) in [5.74, 6) is -0.853. The number of ether oxygens (including phenoxy) is 1. The van der Waals surface area contributed by atoms with Crippen molar-refractivity contribution in [3.8, 4) is 0 Å². The zero-order chi connectivity index (χ0) is 21.9. The second kappa shape index (κ2) is 8.99. The molecule has 0 bridgehead atoms. The Kier molecular flexibility index (Phi) is 6.59. The van der Waals surface area contributed by atoms with Crippen LogP contribution in [0.15, 0.2) is 30.5 Å². The summed E-state index contributed by atoms with van der Waals surface area (Å²) < 4.78 is 71.6. The monoisotopic (exact) mass is 432 g/mol. The third kappa shape index (κ3) is 4.89. The Morgan fingerprint density at radius 2 is 1.90 bits per heavy atom. The molecule has 1 aliphatic heterocycles. The zero-order valence-electron chi connectivity index (χ0n) is 16.2. The summed E-state index contributed by atoms with van der Waals surface area (Å²) >= 11 is 0. The molecule has 0 atom stereocenters. The number of alkyl halides is 5. The lowest BCUT2D eigenvalue weighted by atomic mass is 10.1. The van der Waals surface area contributed by atoms with Gasteiger partial charge in [-0.05, 0) is 25.1 Å². The Bertz CT molecular complexity index is 876. The van der Waals surface area contributed by atoms with Gasteiger partial charge in [0.1, 0.15) is 11.3 Å². The number of hydrogen-bond donors (Lipinski definition) is 0. The largest absolute Gasteiger partial charge is 0.462 e. The van der Waals surface area contributed by atoms with E-state index in [1.54, 1.807) is 13.0 Å². The van der Waals surface area contributed by atoms with Crippen LogP contribution in [0.4, 0.5) is 27.6 Å². The minimum absolute atomic E-state index is 0.0372. The summed E-state index contributed by atoms with van der Waals surface area (Å²) in [5.41, 5.74) is -1.03. The van der Waals surface area contributed by atoms with E-state index < -0.39 is 29.8 Å². The number of carbonyl (C=O) groups excluding carboxylic acids is 1. The maximum Gasteiger partial charge on any atom is 0.416 e.